The molecule has 0 bridgehead atoms. The molecular formula is C23H24N2O2. The Kier molecular flexibility index (Phi) is 5.87. The zero-order valence-corrected chi connectivity index (χ0v) is 15.6. The van der Waals surface area contributed by atoms with Gasteiger partial charge in [-0.05, 0) is 47.4 Å². The second-order valence-corrected chi connectivity index (χ2v) is 7.07. The number of anilines is 1. The molecule has 0 fully saturated rings. The van der Waals surface area contributed by atoms with E-state index >= 15 is 0 Å². The summed E-state index contributed by atoms with van der Waals surface area (Å²) in [5.41, 5.74) is 1.27. The molecule has 3 aromatic carbocycles. The molecule has 1 atom stereocenters. The van der Waals surface area contributed by atoms with E-state index < -0.39 is 6.04 Å². The van der Waals surface area contributed by atoms with Crippen molar-refractivity contribution in [2.24, 2.45) is 5.92 Å². The standard InChI is InChI=1S/C23H24N2O2/c1-16(2)14-21(25-22(26)18-9-4-3-5-10-18)23(27)24-20-13-12-17-8-6-7-11-19(17)15-20/h3-13,15-16,21H,14H2,1-2H3,(H,24,27)(H,25,26)/t21-/m0/s1. The van der Waals surface area contributed by atoms with E-state index in [9.17, 15) is 9.59 Å². The first-order valence-corrected chi connectivity index (χ1v) is 9.18. The van der Waals surface area contributed by atoms with Crippen LogP contribution in [0.3, 0.4) is 0 Å². The fourth-order valence-electron chi connectivity index (χ4n) is 3.03. The average molecular weight is 360 g/mol. The highest BCUT2D eigenvalue weighted by Gasteiger charge is 2.22. The topological polar surface area (TPSA) is 58.2 Å². The number of hydrogen-bond donors (Lipinski definition) is 2. The van der Waals surface area contributed by atoms with Crippen LogP contribution in [-0.2, 0) is 4.79 Å². The summed E-state index contributed by atoms with van der Waals surface area (Å²) in [6, 6.07) is 22.1. The molecule has 0 aliphatic rings. The second-order valence-electron chi connectivity index (χ2n) is 7.07. The third kappa shape index (κ3) is 4.94. The molecule has 3 aromatic rings. The Morgan fingerprint density at radius 2 is 1.52 bits per heavy atom. The number of carbonyl (C=O) groups excluding carboxylic acids is 2. The monoisotopic (exact) mass is 360 g/mol. The molecular weight excluding hydrogens is 336 g/mol. The molecule has 2 amide bonds. The van der Waals surface area contributed by atoms with Crippen molar-refractivity contribution in [3.8, 4) is 0 Å². The number of hydrogen-bond acceptors (Lipinski definition) is 2. The van der Waals surface area contributed by atoms with E-state index in [2.05, 4.69) is 10.6 Å². The molecule has 27 heavy (non-hydrogen) atoms. The highest BCUT2D eigenvalue weighted by atomic mass is 16.2. The molecule has 0 saturated carbocycles. The molecule has 0 radical (unpaired) electrons. The molecule has 3 rings (SSSR count). The van der Waals surface area contributed by atoms with Crippen LogP contribution >= 0.6 is 0 Å². The van der Waals surface area contributed by atoms with Crippen LogP contribution in [0.15, 0.2) is 72.8 Å². The summed E-state index contributed by atoms with van der Waals surface area (Å²) in [4.78, 5) is 25.3. The van der Waals surface area contributed by atoms with Crippen molar-refractivity contribution in [1.82, 2.24) is 5.32 Å². The van der Waals surface area contributed by atoms with Crippen LogP contribution in [-0.4, -0.2) is 17.9 Å². The van der Waals surface area contributed by atoms with Gasteiger partial charge >= 0.3 is 0 Å². The maximum absolute atomic E-state index is 12.8. The smallest absolute Gasteiger partial charge is 0.251 e. The maximum Gasteiger partial charge on any atom is 0.251 e. The van der Waals surface area contributed by atoms with Crippen LogP contribution in [0.2, 0.25) is 0 Å². The van der Waals surface area contributed by atoms with Crippen LogP contribution in [0.4, 0.5) is 5.69 Å². The van der Waals surface area contributed by atoms with Gasteiger partial charge < -0.3 is 10.6 Å². The van der Waals surface area contributed by atoms with Gasteiger partial charge in [-0.3, -0.25) is 9.59 Å². The van der Waals surface area contributed by atoms with Crippen LogP contribution in [0.5, 0.6) is 0 Å². The molecule has 0 unspecified atom stereocenters. The molecule has 4 heteroatoms. The van der Waals surface area contributed by atoms with Crippen LogP contribution in [0.1, 0.15) is 30.6 Å². The SMILES string of the molecule is CC(C)C[C@H](NC(=O)c1ccccc1)C(=O)Nc1ccc2ccccc2c1. The summed E-state index contributed by atoms with van der Waals surface area (Å²) in [5.74, 6) is -0.174. The van der Waals surface area contributed by atoms with E-state index in [1.165, 1.54) is 0 Å². The lowest BCUT2D eigenvalue weighted by Gasteiger charge is -2.20. The van der Waals surface area contributed by atoms with Gasteiger partial charge in [0, 0.05) is 11.3 Å². The van der Waals surface area contributed by atoms with Crippen LogP contribution < -0.4 is 10.6 Å². The summed E-state index contributed by atoms with van der Waals surface area (Å²) in [6.45, 7) is 4.07. The van der Waals surface area contributed by atoms with Crippen molar-refractivity contribution in [3.63, 3.8) is 0 Å². The molecule has 2 N–H and O–H groups in total. The third-order valence-electron chi connectivity index (χ3n) is 4.38. The molecule has 0 heterocycles. The lowest BCUT2D eigenvalue weighted by atomic mass is 10.0. The van der Waals surface area contributed by atoms with Crippen molar-refractivity contribution in [2.75, 3.05) is 5.32 Å². The zero-order valence-electron chi connectivity index (χ0n) is 15.6. The van der Waals surface area contributed by atoms with Crippen molar-refractivity contribution in [1.29, 1.82) is 0 Å². The lowest BCUT2D eigenvalue weighted by molar-refractivity contribution is -0.118. The van der Waals surface area contributed by atoms with E-state index in [0.29, 0.717) is 12.0 Å². The number of carbonyl (C=O) groups is 2. The first-order valence-electron chi connectivity index (χ1n) is 9.18. The Balaban J connectivity index is 1.75. The molecule has 0 spiro atoms. The fourth-order valence-corrected chi connectivity index (χ4v) is 3.03. The highest BCUT2D eigenvalue weighted by molar-refractivity contribution is 6.02. The fraction of sp³-hybridized carbons (Fsp3) is 0.217. The molecule has 4 nitrogen and oxygen atoms in total. The van der Waals surface area contributed by atoms with E-state index in [4.69, 9.17) is 0 Å². The third-order valence-corrected chi connectivity index (χ3v) is 4.38. The van der Waals surface area contributed by atoms with Gasteiger partial charge in [-0.2, -0.15) is 0 Å². The Morgan fingerprint density at radius 3 is 2.22 bits per heavy atom. The quantitative estimate of drug-likeness (QED) is 0.674. The number of rotatable bonds is 6. The van der Waals surface area contributed by atoms with E-state index in [-0.39, 0.29) is 17.7 Å². The van der Waals surface area contributed by atoms with Crippen molar-refractivity contribution in [2.45, 2.75) is 26.3 Å². The maximum atomic E-state index is 12.8. The number of benzene rings is 3. The largest absolute Gasteiger partial charge is 0.340 e. The summed E-state index contributed by atoms with van der Waals surface area (Å²) in [6.07, 6.45) is 0.567. The van der Waals surface area contributed by atoms with Gasteiger partial charge in [0.25, 0.3) is 5.91 Å². The molecule has 138 valence electrons. The van der Waals surface area contributed by atoms with Crippen molar-refractivity contribution in [3.05, 3.63) is 78.4 Å². The zero-order chi connectivity index (χ0) is 19.2. The Morgan fingerprint density at radius 1 is 0.852 bits per heavy atom. The van der Waals surface area contributed by atoms with Crippen LogP contribution in [0.25, 0.3) is 10.8 Å². The molecule has 0 aliphatic carbocycles. The first-order chi connectivity index (χ1) is 13.0. The second kappa shape index (κ2) is 8.49. The number of nitrogens with one attached hydrogen (secondary N) is 2. The van der Waals surface area contributed by atoms with Gasteiger partial charge in [0.2, 0.25) is 5.91 Å². The molecule has 0 aliphatic heterocycles. The minimum Gasteiger partial charge on any atom is -0.340 e. The van der Waals surface area contributed by atoms with E-state index in [1.807, 2.05) is 74.5 Å². The molecule has 0 aromatic heterocycles. The van der Waals surface area contributed by atoms with Crippen molar-refractivity contribution >= 4 is 28.3 Å². The molecule has 0 saturated heterocycles. The highest BCUT2D eigenvalue weighted by Crippen LogP contribution is 2.19. The van der Waals surface area contributed by atoms with Gasteiger partial charge in [0.15, 0.2) is 0 Å². The lowest BCUT2D eigenvalue weighted by Crippen LogP contribution is -2.44. The van der Waals surface area contributed by atoms with Gasteiger partial charge in [-0.1, -0.05) is 62.4 Å². The Bertz CT molecular complexity index is 935. The first kappa shape index (κ1) is 18.6. The number of amides is 2. The van der Waals surface area contributed by atoms with Gasteiger partial charge in [0.1, 0.15) is 6.04 Å². The van der Waals surface area contributed by atoms with E-state index in [0.717, 1.165) is 16.5 Å². The normalized spacial score (nSPS) is 12.0. The minimum absolute atomic E-state index is 0.205. The Labute approximate surface area is 159 Å². The summed E-state index contributed by atoms with van der Waals surface area (Å²) < 4.78 is 0. The predicted molar refractivity (Wildman–Crippen MR) is 110 cm³/mol. The van der Waals surface area contributed by atoms with Gasteiger partial charge in [0.05, 0.1) is 0 Å². The van der Waals surface area contributed by atoms with Gasteiger partial charge in [-0.25, -0.2) is 0 Å². The predicted octanol–water partition coefficient (Wildman–Crippen LogP) is 4.62. The summed E-state index contributed by atoms with van der Waals surface area (Å²) in [5, 5.41) is 7.99. The van der Waals surface area contributed by atoms with Gasteiger partial charge in [-0.15, -0.1) is 0 Å². The van der Waals surface area contributed by atoms with Crippen molar-refractivity contribution < 1.29 is 9.59 Å². The minimum atomic E-state index is -0.593. The number of fused-ring (bicyclic) bond motifs is 1. The average Bonchev–Trinajstić information content (AvgIpc) is 2.67. The van der Waals surface area contributed by atoms with Crippen LogP contribution in [0, 0.1) is 5.92 Å². The Hall–Kier alpha value is -3.14. The van der Waals surface area contributed by atoms with E-state index in [1.54, 1.807) is 12.1 Å². The summed E-state index contributed by atoms with van der Waals surface area (Å²) >= 11 is 0. The summed E-state index contributed by atoms with van der Waals surface area (Å²) in [7, 11) is 0.